The second-order valence-corrected chi connectivity index (χ2v) is 8.01. The molecule has 3 fully saturated rings. The molecule has 25 heavy (non-hydrogen) atoms. The highest BCUT2D eigenvalue weighted by atomic mass is 16.5. The molecule has 6 heteroatoms. The first kappa shape index (κ1) is 18.5. The minimum atomic E-state index is 0.0461. The first-order chi connectivity index (χ1) is 12.1. The van der Waals surface area contributed by atoms with Gasteiger partial charge in [-0.3, -0.25) is 4.79 Å². The number of aliphatic imine (C=N–C) groups is 1. The average molecular weight is 351 g/mol. The van der Waals surface area contributed by atoms with Crippen LogP contribution in [0.5, 0.6) is 0 Å². The topological polar surface area (TPSA) is 57.2 Å². The molecule has 3 unspecified atom stereocenters. The maximum Gasteiger partial charge on any atom is 0.243 e. The van der Waals surface area contributed by atoms with Crippen molar-refractivity contribution < 1.29 is 9.53 Å². The molecule has 0 aromatic rings. The summed E-state index contributed by atoms with van der Waals surface area (Å²) < 4.78 is 5.84. The quantitative estimate of drug-likeness (QED) is 0.619. The molecule has 0 aromatic carbocycles. The van der Waals surface area contributed by atoms with Gasteiger partial charge in [-0.1, -0.05) is 12.8 Å². The number of carbonyl (C=O) groups is 1. The Kier molecular flexibility index (Phi) is 6.57. The summed E-state index contributed by atoms with van der Waals surface area (Å²) in [6.45, 7) is 4.04. The number of fused-ring (bicyclic) bond motifs is 1. The van der Waals surface area contributed by atoms with Gasteiger partial charge in [-0.25, -0.2) is 4.99 Å². The number of likely N-dealkylation sites (tertiary alicyclic amines) is 1. The maximum absolute atomic E-state index is 12.0. The summed E-state index contributed by atoms with van der Waals surface area (Å²) in [6, 6.07) is 0. The summed E-state index contributed by atoms with van der Waals surface area (Å²) in [4.78, 5) is 20.6. The zero-order valence-electron chi connectivity index (χ0n) is 15.9. The minimum Gasteiger partial charge on any atom is -0.376 e. The normalized spacial score (nSPS) is 30.1. The Hall–Kier alpha value is -1.30. The summed E-state index contributed by atoms with van der Waals surface area (Å²) >= 11 is 0. The molecule has 1 saturated carbocycles. The fourth-order valence-corrected chi connectivity index (χ4v) is 4.30. The first-order valence-electron chi connectivity index (χ1n) is 9.98. The Morgan fingerprint density at radius 2 is 1.80 bits per heavy atom. The average Bonchev–Trinajstić information content (AvgIpc) is 3.06. The number of guanidine groups is 1. The lowest BCUT2D eigenvalue weighted by Crippen LogP contribution is -2.45. The molecule has 0 bridgehead atoms. The third kappa shape index (κ3) is 5.09. The van der Waals surface area contributed by atoms with Gasteiger partial charge in [0.1, 0.15) is 6.54 Å². The highest BCUT2D eigenvalue weighted by Crippen LogP contribution is 2.35. The van der Waals surface area contributed by atoms with Crippen molar-refractivity contribution in [3.8, 4) is 0 Å². The Bertz CT molecular complexity index is 460. The lowest BCUT2D eigenvalue weighted by atomic mass is 9.82. The Balaban J connectivity index is 1.61. The van der Waals surface area contributed by atoms with Crippen LogP contribution in [0.4, 0.5) is 0 Å². The largest absolute Gasteiger partial charge is 0.376 e. The number of rotatable bonds is 4. The molecule has 0 aromatic heterocycles. The van der Waals surface area contributed by atoms with Gasteiger partial charge < -0.3 is 19.9 Å². The summed E-state index contributed by atoms with van der Waals surface area (Å²) in [6.07, 6.45) is 9.22. The zero-order valence-corrected chi connectivity index (χ0v) is 15.9. The molecule has 3 atom stereocenters. The van der Waals surface area contributed by atoms with E-state index >= 15 is 0 Å². The lowest BCUT2D eigenvalue weighted by Gasteiger charge is -2.27. The molecule has 142 valence electrons. The SMILES string of the molecule is CN(C)C(=O)CN=C(NCC1CCCCO1)N1CC2CCCCC2C1. The number of likely N-dealkylation sites (N-methyl/N-ethyl adjacent to an activating group) is 1. The molecule has 1 aliphatic carbocycles. The van der Waals surface area contributed by atoms with E-state index in [1.165, 1.54) is 38.5 Å². The van der Waals surface area contributed by atoms with Gasteiger partial charge in [0, 0.05) is 40.3 Å². The van der Waals surface area contributed by atoms with E-state index < -0.39 is 0 Å². The molecular weight excluding hydrogens is 316 g/mol. The van der Waals surface area contributed by atoms with Gasteiger partial charge in [-0.2, -0.15) is 0 Å². The van der Waals surface area contributed by atoms with Crippen LogP contribution in [-0.2, 0) is 9.53 Å². The van der Waals surface area contributed by atoms with Gasteiger partial charge >= 0.3 is 0 Å². The number of hydrogen-bond acceptors (Lipinski definition) is 3. The van der Waals surface area contributed by atoms with Crippen LogP contribution < -0.4 is 5.32 Å². The van der Waals surface area contributed by atoms with Crippen LogP contribution in [0.1, 0.15) is 44.9 Å². The third-order valence-corrected chi connectivity index (χ3v) is 5.90. The standard InChI is InChI=1S/C19H34N4O2/c1-22(2)18(24)12-21-19(20-11-17-9-5-6-10-25-17)23-13-15-7-3-4-8-16(15)14-23/h15-17H,3-14H2,1-2H3,(H,20,21). The molecule has 0 spiro atoms. The summed E-state index contributed by atoms with van der Waals surface area (Å²) in [5.74, 6) is 2.55. The number of ether oxygens (including phenoxy) is 1. The van der Waals surface area contributed by atoms with Gasteiger partial charge in [-0.05, 0) is 43.9 Å². The van der Waals surface area contributed by atoms with Gasteiger partial charge in [-0.15, -0.1) is 0 Å². The highest BCUT2D eigenvalue weighted by molar-refractivity contribution is 5.85. The van der Waals surface area contributed by atoms with Crippen LogP contribution in [-0.4, -0.2) is 74.7 Å². The molecule has 3 aliphatic rings. The van der Waals surface area contributed by atoms with Gasteiger partial charge in [0.15, 0.2) is 5.96 Å². The van der Waals surface area contributed by atoms with Crippen molar-refractivity contribution in [2.45, 2.75) is 51.0 Å². The number of nitrogens with one attached hydrogen (secondary N) is 1. The fraction of sp³-hybridized carbons (Fsp3) is 0.895. The van der Waals surface area contributed by atoms with E-state index in [0.29, 0.717) is 0 Å². The molecule has 2 heterocycles. The van der Waals surface area contributed by atoms with Crippen LogP contribution in [0, 0.1) is 11.8 Å². The van der Waals surface area contributed by atoms with E-state index in [4.69, 9.17) is 4.74 Å². The molecule has 3 rings (SSSR count). The van der Waals surface area contributed by atoms with Crippen LogP contribution in [0.15, 0.2) is 4.99 Å². The maximum atomic E-state index is 12.0. The summed E-state index contributed by atoms with van der Waals surface area (Å²) in [5.41, 5.74) is 0. The number of carbonyl (C=O) groups excluding carboxylic acids is 1. The lowest BCUT2D eigenvalue weighted by molar-refractivity contribution is -0.127. The number of nitrogens with zero attached hydrogens (tertiary/aromatic N) is 3. The van der Waals surface area contributed by atoms with E-state index in [9.17, 15) is 4.79 Å². The van der Waals surface area contributed by atoms with Crippen LogP contribution in [0.25, 0.3) is 0 Å². The Morgan fingerprint density at radius 3 is 2.40 bits per heavy atom. The molecule has 6 nitrogen and oxygen atoms in total. The van der Waals surface area contributed by atoms with Crippen LogP contribution in [0.2, 0.25) is 0 Å². The van der Waals surface area contributed by atoms with Crippen molar-refractivity contribution in [2.24, 2.45) is 16.8 Å². The molecular formula is C19H34N4O2. The van der Waals surface area contributed by atoms with E-state index in [2.05, 4.69) is 15.2 Å². The first-order valence-corrected chi connectivity index (χ1v) is 9.98. The smallest absolute Gasteiger partial charge is 0.243 e. The Morgan fingerprint density at radius 1 is 1.12 bits per heavy atom. The van der Waals surface area contributed by atoms with Crippen LogP contribution >= 0.6 is 0 Å². The second kappa shape index (κ2) is 8.88. The molecule has 0 radical (unpaired) electrons. The van der Waals surface area contributed by atoms with E-state index in [-0.39, 0.29) is 18.6 Å². The monoisotopic (exact) mass is 350 g/mol. The van der Waals surface area contributed by atoms with E-state index in [1.54, 1.807) is 19.0 Å². The van der Waals surface area contributed by atoms with Gasteiger partial charge in [0.05, 0.1) is 6.10 Å². The van der Waals surface area contributed by atoms with Crippen molar-refractivity contribution in [1.29, 1.82) is 0 Å². The predicted octanol–water partition coefficient (Wildman–Crippen LogP) is 1.71. The van der Waals surface area contributed by atoms with Crippen LogP contribution in [0.3, 0.4) is 0 Å². The number of hydrogen-bond donors (Lipinski definition) is 1. The molecule has 1 amide bonds. The number of amides is 1. The van der Waals surface area contributed by atoms with Crippen molar-refractivity contribution in [1.82, 2.24) is 15.1 Å². The molecule has 2 aliphatic heterocycles. The fourth-order valence-electron chi connectivity index (χ4n) is 4.30. The molecule has 2 saturated heterocycles. The predicted molar refractivity (Wildman–Crippen MR) is 99.6 cm³/mol. The van der Waals surface area contributed by atoms with Crippen molar-refractivity contribution in [3.05, 3.63) is 0 Å². The minimum absolute atomic E-state index is 0.0461. The zero-order chi connectivity index (χ0) is 17.6. The molecule has 1 N–H and O–H groups in total. The Labute approximate surface area is 152 Å². The summed E-state index contributed by atoms with van der Waals surface area (Å²) in [7, 11) is 3.57. The van der Waals surface area contributed by atoms with Gasteiger partial charge in [0.25, 0.3) is 0 Å². The third-order valence-electron chi connectivity index (χ3n) is 5.90. The van der Waals surface area contributed by atoms with Crippen molar-refractivity contribution in [2.75, 3.05) is 46.9 Å². The van der Waals surface area contributed by atoms with E-state index in [0.717, 1.165) is 50.5 Å². The second-order valence-electron chi connectivity index (χ2n) is 8.01. The van der Waals surface area contributed by atoms with Crippen molar-refractivity contribution >= 4 is 11.9 Å². The highest BCUT2D eigenvalue weighted by Gasteiger charge is 2.35. The van der Waals surface area contributed by atoms with Crippen molar-refractivity contribution in [3.63, 3.8) is 0 Å². The summed E-state index contributed by atoms with van der Waals surface area (Å²) in [5, 5.41) is 3.52. The van der Waals surface area contributed by atoms with Gasteiger partial charge in [0.2, 0.25) is 5.91 Å². The van der Waals surface area contributed by atoms with E-state index in [1.807, 2.05) is 0 Å².